The van der Waals surface area contributed by atoms with E-state index < -0.39 is 0 Å². The first-order chi connectivity index (χ1) is 7.88. The fraction of sp³-hybridized carbons (Fsp3) is 0.615. The molecule has 0 amide bonds. The zero-order valence-corrected chi connectivity index (χ0v) is 9.60. The highest BCUT2D eigenvalue weighted by Gasteiger charge is 2.37. The fourth-order valence-corrected chi connectivity index (χ4v) is 2.67. The summed E-state index contributed by atoms with van der Waals surface area (Å²) < 4.78 is 0. The maximum Gasteiger partial charge on any atom is 0.128 e. The van der Waals surface area contributed by atoms with Gasteiger partial charge in [-0.3, -0.25) is 0 Å². The van der Waals surface area contributed by atoms with Gasteiger partial charge in [-0.1, -0.05) is 6.07 Å². The van der Waals surface area contributed by atoms with E-state index in [0.29, 0.717) is 11.8 Å². The Hall–Kier alpha value is -1.09. The molecule has 16 heavy (non-hydrogen) atoms. The molecular formula is C13H19N3. The Morgan fingerprint density at radius 3 is 2.69 bits per heavy atom. The van der Waals surface area contributed by atoms with E-state index in [1.54, 1.807) is 0 Å². The first kappa shape index (κ1) is 10.1. The van der Waals surface area contributed by atoms with Crippen LogP contribution < -0.4 is 10.6 Å². The van der Waals surface area contributed by atoms with E-state index in [-0.39, 0.29) is 0 Å². The molecule has 1 aromatic rings. The van der Waals surface area contributed by atoms with E-state index in [9.17, 15) is 0 Å². The topological polar surface area (TPSA) is 42.1 Å². The van der Waals surface area contributed by atoms with Crippen LogP contribution in [0.25, 0.3) is 0 Å². The van der Waals surface area contributed by atoms with Gasteiger partial charge in [0.1, 0.15) is 5.82 Å². The largest absolute Gasteiger partial charge is 0.357 e. The van der Waals surface area contributed by atoms with Crippen LogP contribution in [0.1, 0.15) is 30.7 Å². The average Bonchev–Trinajstić information content (AvgIpc) is 2.93. The lowest BCUT2D eigenvalue weighted by Gasteiger charge is -2.16. The highest BCUT2D eigenvalue weighted by Crippen LogP contribution is 2.46. The quantitative estimate of drug-likeness (QED) is 0.838. The molecule has 0 bridgehead atoms. The maximum atomic E-state index is 5.66. The van der Waals surface area contributed by atoms with Crippen molar-refractivity contribution in [2.75, 3.05) is 24.5 Å². The van der Waals surface area contributed by atoms with Gasteiger partial charge in [0, 0.05) is 19.3 Å². The summed E-state index contributed by atoms with van der Waals surface area (Å²) in [4.78, 5) is 6.95. The molecule has 86 valence electrons. The molecule has 3 heteroatoms. The van der Waals surface area contributed by atoms with Crippen molar-refractivity contribution in [3.63, 3.8) is 0 Å². The van der Waals surface area contributed by atoms with Gasteiger partial charge in [0.15, 0.2) is 0 Å². The average molecular weight is 217 g/mol. The maximum absolute atomic E-state index is 5.66. The third-order valence-electron chi connectivity index (χ3n) is 3.85. The Morgan fingerprint density at radius 2 is 2.12 bits per heavy atom. The Bertz CT molecular complexity index is 354. The number of aromatic nitrogens is 1. The third kappa shape index (κ3) is 1.80. The van der Waals surface area contributed by atoms with E-state index in [2.05, 4.69) is 22.0 Å². The molecule has 2 fully saturated rings. The molecule has 2 N–H and O–H groups in total. The number of nitrogens with zero attached hydrogens (tertiary/aromatic N) is 2. The van der Waals surface area contributed by atoms with Gasteiger partial charge >= 0.3 is 0 Å². The molecule has 0 aromatic carbocycles. The van der Waals surface area contributed by atoms with Crippen LogP contribution >= 0.6 is 0 Å². The Kier molecular flexibility index (Phi) is 2.56. The summed E-state index contributed by atoms with van der Waals surface area (Å²) in [5.41, 5.74) is 7.04. The smallest absolute Gasteiger partial charge is 0.128 e. The summed E-state index contributed by atoms with van der Waals surface area (Å²) in [5.74, 6) is 2.54. The van der Waals surface area contributed by atoms with E-state index in [4.69, 9.17) is 5.73 Å². The molecule has 1 aliphatic carbocycles. The second kappa shape index (κ2) is 4.06. The molecule has 2 heterocycles. The van der Waals surface area contributed by atoms with Crippen molar-refractivity contribution in [1.29, 1.82) is 0 Å². The normalized spacial score (nSPS) is 28.4. The van der Waals surface area contributed by atoms with Crippen molar-refractivity contribution in [3.05, 3.63) is 23.9 Å². The van der Waals surface area contributed by atoms with Gasteiger partial charge in [0.2, 0.25) is 0 Å². The van der Waals surface area contributed by atoms with Crippen molar-refractivity contribution in [2.24, 2.45) is 11.7 Å². The molecule has 2 aliphatic rings. The molecule has 1 saturated heterocycles. The van der Waals surface area contributed by atoms with Crippen molar-refractivity contribution in [2.45, 2.75) is 25.2 Å². The van der Waals surface area contributed by atoms with Crippen LogP contribution in [0.4, 0.5) is 5.82 Å². The van der Waals surface area contributed by atoms with Crippen LogP contribution in [-0.4, -0.2) is 24.6 Å². The molecule has 2 unspecified atom stereocenters. The molecule has 0 spiro atoms. The summed E-state index contributed by atoms with van der Waals surface area (Å²) in [6, 6.07) is 4.41. The molecule has 2 atom stereocenters. The van der Waals surface area contributed by atoms with Gasteiger partial charge in [-0.05, 0) is 49.3 Å². The SMILES string of the molecule is NCC1CC1c1ccc(N2CCCC2)nc1. The highest BCUT2D eigenvalue weighted by molar-refractivity contribution is 5.41. The van der Waals surface area contributed by atoms with Gasteiger partial charge in [0.25, 0.3) is 0 Å². The summed E-state index contributed by atoms with van der Waals surface area (Å²) in [7, 11) is 0. The minimum Gasteiger partial charge on any atom is -0.357 e. The van der Waals surface area contributed by atoms with Gasteiger partial charge < -0.3 is 10.6 Å². The lowest BCUT2D eigenvalue weighted by molar-refractivity contribution is 0.807. The zero-order valence-electron chi connectivity index (χ0n) is 9.60. The molecule has 3 nitrogen and oxygen atoms in total. The number of rotatable bonds is 3. The molecule has 1 aromatic heterocycles. The van der Waals surface area contributed by atoms with Crippen molar-refractivity contribution < 1.29 is 0 Å². The zero-order chi connectivity index (χ0) is 11.0. The van der Waals surface area contributed by atoms with Crippen LogP contribution in [-0.2, 0) is 0 Å². The summed E-state index contributed by atoms with van der Waals surface area (Å²) in [5, 5.41) is 0. The lowest BCUT2D eigenvalue weighted by atomic mass is 10.1. The summed E-state index contributed by atoms with van der Waals surface area (Å²) >= 11 is 0. The van der Waals surface area contributed by atoms with E-state index in [1.807, 2.05) is 6.20 Å². The molecule has 1 aliphatic heterocycles. The van der Waals surface area contributed by atoms with Crippen molar-refractivity contribution >= 4 is 5.82 Å². The van der Waals surface area contributed by atoms with E-state index in [0.717, 1.165) is 12.4 Å². The number of hydrogen-bond acceptors (Lipinski definition) is 3. The van der Waals surface area contributed by atoms with Gasteiger partial charge in [-0.2, -0.15) is 0 Å². The first-order valence-electron chi connectivity index (χ1n) is 6.29. The summed E-state index contributed by atoms with van der Waals surface area (Å²) in [6.45, 7) is 3.15. The molecule has 1 saturated carbocycles. The van der Waals surface area contributed by atoms with Crippen LogP contribution in [0.5, 0.6) is 0 Å². The molecule has 3 rings (SSSR count). The standard InChI is InChI=1S/C13H19N3/c14-8-11-7-12(11)10-3-4-13(15-9-10)16-5-1-2-6-16/h3-4,9,11-12H,1-2,5-8,14H2. The van der Waals surface area contributed by atoms with Crippen LogP contribution in [0.15, 0.2) is 18.3 Å². The van der Waals surface area contributed by atoms with E-state index in [1.165, 1.54) is 37.9 Å². The Labute approximate surface area is 96.7 Å². The Balaban J connectivity index is 1.70. The van der Waals surface area contributed by atoms with Crippen molar-refractivity contribution in [1.82, 2.24) is 4.98 Å². The van der Waals surface area contributed by atoms with Crippen LogP contribution in [0.2, 0.25) is 0 Å². The van der Waals surface area contributed by atoms with E-state index >= 15 is 0 Å². The molecular weight excluding hydrogens is 198 g/mol. The van der Waals surface area contributed by atoms with Crippen LogP contribution in [0, 0.1) is 5.92 Å². The Morgan fingerprint density at radius 1 is 1.31 bits per heavy atom. The number of anilines is 1. The van der Waals surface area contributed by atoms with Gasteiger partial charge in [0.05, 0.1) is 0 Å². The van der Waals surface area contributed by atoms with Crippen molar-refractivity contribution in [3.8, 4) is 0 Å². The number of pyridine rings is 1. The fourth-order valence-electron chi connectivity index (χ4n) is 2.67. The summed E-state index contributed by atoms with van der Waals surface area (Å²) in [6.07, 6.45) is 5.91. The first-order valence-corrected chi connectivity index (χ1v) is 6.29. The van der Waals surface area contributed by atoms with Gasteiger partial charge in [-0.15, -0.1) is 0 Å². The highest BCUT2D eigenvalue weighted by atomic mass is 15.2. The predicted molar refractivity (Wildman–Crippen MR) is 65.6 cm³/mol. The predicted octanol–water partition coefficient (Wildman–Crippen LogP) is 1.74. The lowest BCUT2D eigenvalue weighted by Crippen LogP contribution is -2.18. The molecule has 0 radical (unpaired) electrons. The minimum absolute atomic E-state index is 0.685. The third-order valence-corrected chi connectivity index (χ3v) is 3.85. The number of hydrogen-bond donors (Lipinski definition) is 1. The second-order valence-electron chi connectivity index (χ2n) is 4.98. The minimum atomic E-state index is 0.685. The second-order valence-corrected chi connectivity index (χ2v) is 4.98. The number of nitrogens with two attached hydrogens (primary N) is 1. The van der Waals surface area contributed by atoms with Crippen LogP contribution in [0.3, 0.4) is 0 Å². The van der Waals surface area contributed by atoms with Gasteiger partial charge in [-0.25, -0.2) is 4.98 Å². The monoisotopic (exact) mass is 217 g/mol.